The third-order valence-corrected chi connectivity index (χ3v) is 1.28. The fourth-order valence-electron chi connectivity index (χ4n) is 0.734. The molecule has 0 aliphatic carbocycles. The van der Waals surface area contributed by atoms with Crippen molar-refractivity contribution in [1.29, 1.82) is 0 Å². The molecule has 0 fully saturated rings. The van der Waals surface area contributed by atoms with E-state index in [9.17, 15) is 8.78 Å². The lowest BCUT2D eigenvalue weighted by Crippen LogP contribution is -2.16. The molecule has 2 N–H and O–H groups in total. The van der Waals surface area contributed by atoms with Crippen LogP contribution in [0.15, 0.2) is 0 Å². The second-order valence-electron chi connectivity index (χ2n) is 2.94. The highest BCUT2D eigenvalue weighted by molar-refractivity contribution is 4.60. The molecule has 0 amide bonds. The van der Waals surface area contributed by atoms with Gasteiger partial charge in [0.1, 0.15) is 0 Å². The van der Waals surface area contributed by atoms with Gasteiger partial charge in [0.15, 0.2) is 0 Å². The van der Waals surface area contributed by atoms with Gasteiger partial charge >= 0.3 is 0 Å². The maximum atomic E-state index is 12.1. The molecule has 0 aliphatic heterocycles. The molecule has 1 unspecified atom stereocenters. The molecular weight excluding hydrogens is 160 g/mol. The van der Waals surface area contributed by atoms with Crippen molar-refractivity contribution >= 4 is 0 Å². The summed E-state index contributed by atoms with van der Waals surface area (Å²) in [7, 11) is 0. The molecule has 0 saturated carbocycles. The normalized spacial score (nSPS) is 13.2. The largest absolute Gasteiger partial charge is 0.328 e. The monoisotopic (exact) mass is 181 g/mol. The number of hydrogen-bond acceptors (Lipinski definition) is 1. The van der Waals surface area contributed by atoms with Crippen LogP contribution in [0, 0.1) is 0 Å². The summed E-state index contributed by atoms with van der Waals surface area (Å²) in [5, 5.41) is 0. The fourth-order valence-corrected chi connectivity index (χ4v) is 0.734. The third kappa shape index (κ3) is 16.4. The Morgan fingerprint density at radius 1 is 1.33 bits per heavy atom. The molecule has 0 aliphatic rings. The first kappa shape index (κ1) is 14.3. The zero-order chi connectivity index (χ0) is 10.2. The van der Waals surface area contributed by atoms with Crippen molar-refractivity contribution in [2.75, 3.05) is 0 Å². The van der Waals surface area contributed by atoms with Gasteiger partial charge in [0.25, 0.3) is 0 Å². The van der Waals surface area contributed by atoms with E-state index in [1.54, 1.807) is 0 Å². The summed E-state index contributed by atoms with van der Waals surface area (Å²) in [6.45, 7) is 6.77. The SMILES string of the molecule is CC.CC(N)CCCC(C)(F)F. The van der Waals surface area contributed by atoms with E-state index < -0.39 is 5.92 Å². The Hall–Kier alpha value is -0.180. The van der Waals surface area contributed by atoms with Crippen molar-refractivity contribution in [3.63, 3.8) is 0 Å². The highest BCUT2D eigenvalue weighted by Gasteiger charge is 2.19. The van der Waals surface area contributed by atoms with E-state index in [1.165, 1.54) is 0 Å². The third-order valence-electron chi connectivity index (χ3n) is 1.28. The number of rotatable bonds is 4. The number of nitrogens with two attached hydrogens (primary N) is 1. The van der Waals surface area contributed by atoms with Gasteiger partial charge in [-0.05, 0) is 26.7 Å². The Bertz CT molecular complexity index is 87.0. The minimum atomic E-state index is -2.52. The molecule has 0 aromatic rings. The van der Waals surface area contributed by atoms with Gasteiger partial charge in [-0.25, -0.2) is 8.78 Å². The van der Waals surface area contributed by atoms with E-state index in [1.807, 2.05) is 20.8 Å². The summed E-state index contributed by atoms with van der Waals surface area (Å²) < 4.78 is 24.3. The maximum absolute atomic E-state index is 12.1. The lowest BCUT2D eigenvalue weighted by Gasteiger charge is -2.10. The van der Waals surface area contributed by atoms with Crippen molar-refractivity contribution < 1.29 is 8.78 Å². The van der Waals surface area contributed by atoms with Gasteiger partial charge in [-0.2, -0.15) is 0 Å². The van der Waals surface area contributed by atoms with Crippen LogP contribution in [0.4, 0.5) is 8.78 Å². The van der Waals surface area contributed by atoms with Gasteiger partial charge in [0.2, 0.25) is 5.92 Å². The first-order valence-corrected chi connectivity index (χ1v) is 4.55. The Morgan fingerprint density at radius 3 is 2.00 bits per heavy atom. The van der Waals surface area contributed by atoms with Gasteiger partial charge in [0.05, 0.1) is 0 Å². The van der Waals surface area contributed by atoms with Gasteiger partial charge in [0, 0.05) is 12.5 Å². The van der Waals surface area contributed by atoms with Crippen molar-refractivity contribution in [3.8, 4) is 0 Å². The van der Waals surface area contributed by atoms with E-state index in [2.05, 4.69) is 0 Å². The summed E-state index contributed by atoms with van der Waals surface area (Å²) >= 11 is 0. The lowest BCUT2D eigenvalue weighted by atomic mass is 10.1. The zero-order valence-electron chi connectivity index (χ0n) is 8.53. The molecule has 0 radical (unpaired) electrons. The summed E-state index contributed by atoms with van der Waals surface area (Å²) in [6.07, 6.45) is 1.15. The minimum absolute atomic E-state index is 0.0438. The smallest absolute Gasteiger partial charge is 0.245 e. The van der Waals surface area contributed by atoms with Gasteiger partial charge in [-0.3, -0.25) is 0 Å². The number of alkyl halides is 2. The van der Waals surface area contributed by atoms with Crippen LogP contribution in [0.2, 0.25) is 0 Å². The van der Waals surface area contributed by atoms with Gasteiger partial charge in [-0.15, -0.1) is 0 Å². The van der Waals surface area contributed by atoms with Crippen molar-refractivity contribution in [1.82, 2.24) is 0 Å². The first-order chi connectivity index (χ1) is 5.42. The quantitative estimate of drug-likeness (QED) is 0.708. The molecule has 0 rings (SSSR count). The van der Waals surface area contributed by atoms with Crippen molar-refractivity contribution in [2.45, 2.75) is 58.9 Å². The van der Waals surface area contributed by atoms with Crippen LogP contribution in [0.25, 0.3) is 0 Å². The lowest BCUT2D eigenvalue weighted by molar-refractivity contribution is 0.0102. The van der Waals surface area contributed by atoms with E-state index in [-0.39, 0.29) is 12.5 Å². The topological polar surface area (TPSA) is 26.0 Å². The van der Waals surface area contributed by atoms with Crippen LogP contribution < -0.4 is 5.73 Å². The van der Waals surface area contributed by atoms with Crippen LogP contribution in [0.1, 0.15) is 47.0 Å². The van der Waals surface area contributed by atoms with Crippen LogP contribution >= 0.6 is 0 Å². The molecule has 1 atom stereocenters. The second-order valence-corrected chi connectivity index (χ2v) is 2.94. The summed E-state index contributed by atoms with van der Waals surface area (Å²) in [4.78, 5) is 0. The van der Waals surface area contributed by atoms with Gasteiger partial charge in [-0.1, -0.05) is 13.8 Å². The van der Waals surface area contributed by atoms with E-state index >= 15 is 0 Å². The maximum Gasteiger partial charge on any atom is 0.245 e. The fraction of sp³-hybridized carbons (Fsp3) is 1.00. The Labute approximate surface area is 74.3 Å². The van der Waals surface area contributed by atoms with E-state index in [0.717, 1.165) is 6.92 Å². The summed E-state index contributed by atoms with van der Waals surface area (Å²) in [5.41, 5.74) is 5.38. The second kappa shape index (κ2) is 7.47. The molecule has 3 heteroatoms. The molecule has 0 aromatic heterocycles. The summed E-state index contributed by atoms with van der Waals surface area (Å²) in [6, 6.07) is 0.0438. The molecule has 0 heterocycles. The van der Waals surface area contributed by atoms with Crippen molar-refractivity contribution in [2.24, 2.45) is 5.73 Å². The molecule has 0 spiro atoms. The van der Waals surface area contributed by atoms with E-state index in [4.69, 9.17) is 5.73 Å². The highest BCUT2D eigenvalue weighted by Crippen LogP contribution is 2.19. The van der Waals surface area contributed by atoms with Gasteiger partial charge < -0.3 is 5.73 Å². The molecule has 1 nitrogen and oxygen atoms in total. The molecule has 0 bridgehead atoms. The predicted molar refractivity (Wildman–Crippen MR) is 49.5 cm³/mol. The standard InChI is InChI=1S/C7H15F2N.C2H6/c1-6(10)4-3-5-7(2,8)9;1-2/h6H,3-5,10H2,1-2H3;1-2H3. The Balaban J connectivity index is 0. The Kier molecular flexibility index (Phi) is 8.93. The Morgan fingerprint density at radius 2 is 1.75 bits per heavy atom. The molecule has 12 heavy (non-hydrogen) atoms. The number of halogens is 2. The predicted octanol–water partition coefficient (Wildman–Crippen LogP) is 3.19. The highest BCUT2D eigenvalue weighted by atomic mass is 19.3. The average molecular weight is 181 g/mol. The zero-order valence-corrected chi connectivity index (χ0v) is 8.53. The van der Waals surface area contributed by atoms with Crippen LogP contribution in [0.3, 0.4) is 0 Å². The number of hydrogen-bond donors (Lipinski definition) is 1. The minimum Gasteiger partial charge on any atom is -0.328 e. The molecule has 76 valence electrons. The molecule has 0 aromatic carbocycles. The molecular formula is C9H21F2N. The van der Waals surface area contributed by atoms with Crippen LogP contribution in [-0.2, 0) is 0 Å². The van der Waals surface area contributed by atoms with Crippen LogP contribution in [0.5, 0.6) is 0 Å². The van der Waals surface area contributed by atoms with E-state index in [0.29, 0.717) is 12.8 Å². The molecule has 0 saturated heterocycles. The van der Waals surface area contributed by atoms with Crippen LogP contribution in [-0.4, -0.2) is 12.0 Å². The summed E-state index contributed by atoms with van der Waals surface area (Å²) in [5.74, 6) is -2.52. The average Bonchev–Trinajstić information content (AvgIpc) is 1.88. The van der Waals surface area contributed by atoms with Crippen molar-refractivity contribution in [3.05, 3.63) is 0 Å². The first-order valence-electron chi connectivity index (χ1n) is 4.55.